The summed E-state index contributed by atoms with van der Waals surface area (Å²) in [5, 5.41) is 0. The molecule has 0 aliphatic carbocycles. The van der Waals surface area contributed by atoms with Gasteiger partial charge in [-0.05, 0) is 50.2 Å². The molecule has 3 aromatic carbocycles. The lowest BCUT2D eigenvalue weighted by atomic mass is 10.1. The van der Waals surface area contributed by atoms with Crippen molar-refractivity contribution < 1.29 is 42.9 Å². The summed E-state index contributed by atoms with van der Waals surface area (Å²) in [6.45, 7) is 2.83. The first-order valence-electron chi connectivity index (χ1n) is 14.3. The highest BCUT2D eigenvalue weighted by Crippen LogP contribution is 2.28. The van der Waals surface area contributed by atoms with Gasteiger partial charge in [-0.2, -0.15) is 0 Å². The lowest BCUT2D eigenvalue weighted by Crippen LogP contribution is -2.52. The molecule has 1 heterocycles. The topological polar surface area (TPSA) is 165 Å². The number of esters is 4. The molecule has 0 radical (unpaired) electrons. The lowest BCUT2D eigenvalue weighted by molar-refractivity contribution is -0.137. The van der Waals surface area contributed by atoms with Crippen LogP contribution in [0.4, 0.5) is 0 Å². The summed E-state index contributed by atoms with van der Waals surface area (Å²) in [4.78, 5) is 51.6. The van der Waals surface area contributed by atoms with Crippen LogP contribution in [-0.2, 0) is 28.5 Å². The van der Waals surface area contributed by atoms with E-state index in [0.29, 0.717) is 5.56 Å². The number of nitrogens with one attached hydrogen (secondary N) is 2. The molecule has 3 aromatic rings. The lowest BCUT2D eigenvalue weighted by Gasteiger charge is -2.25. The first kappa shape index (κ1) is 33.8. The van der Waals surface area contributed by atoms with Crippen LogP contribution in [0.2, 0.25) is 0 Å². The van der Waals surface area contributed by atoms with Crippen LogP contribution in [0.3, 0.4) is 0 Å². The Labute approximate surface area is 270 Å². The minimum absolute atomic E-state index is 0.0900. The normalized spacial score (nSPS) is 19.3. The minimum atomic E-state index is -1.30. The van der Waals surface area contributed by atoms with E-state index >= 15 is 0 Å². The second-order valence-corrected chi connectivity index (χ2v) is 10.3. The highest BCUT2D eigenvalue weighted by molar-refractivity contribution is 7.80. The zero-order chi connectivity index (χ0) is 33.1. The average molecular weight is 648 g/mol. The third-order valence-electron chi connectivity index (χ3n) is 6.63. The molecule has 1 saturated heterocycles. The van der Waals surface area contributed by atoms with Gasteiger partial charge in [0.05, 0.1) is 23.3 Å². The van der Waals surface area contributed by atoms with Crippen molar-refractivity contribution in [2.45, 2.75) is 38.4 Å². The van der Waals surface area contributed by atoms with E-state index in [1.54, 1.807) is 97.9 Å². The number of hydrazine groups is 1. The predicted octanol–water partition coefficient (Wildman–Crippen LogP) is 3.24. The van der Waals surface area contributed by atoms with Crippen LogP contribution in [0, 0.1) is 0 Å². The van der Waals surface area contributed by atoms with Crippen molar-refractivity contribution in [3.63, 3.8) is 0 Å². The highest BCUT2D eigenvalue weighted by atomic mass is 32.1. The maximum atomic E-state index is 13.2. The van der Waals surface area contributed by atoms with Crippen LogP contribution in [-0.4, -0.2) is 66.6 Å². The van der Waals surface area contributed by atoms with E-state index in [1.165, 1.54) is 6.92 Å². The fourth-order valence-corrected chi connectivity index (χ4v) is 4.73. The molecule has 4 rings (SSSR count). The molecule has 12 nitrogen and oxygen atoms in total. The molecule has 1 fully saturated rings. The van der Waals surface area contributed by atoms with E-state index < -0.39 is 48.4 Å². The summed E-state index contributed by atoms with van der Waals surface area (Å²) in [5.74, 6) is -2.86. The van der Waals surface area contributed by atoms with Crippen molar-refractivity contribution in [1.29, 1.82) is 0 Å². The second kappa shape index (κ2) is 16.3. The fraction of sp³-hybridized carbons (Fsp3) is 0.242. The van der Waals surface area contributed by atoms with Gasteiger partial charge in [0.25, 0.3) is 0 Å². The monoisotopic (exact) mass is 647 g/mol. The SMILES string of the molecule is CCOC(=O)/C(C(=S)NN[C@@H]1O[C@H](COC(=O)c2ccccc2)[C@@H](OC(=O)c2ccccc2)[C@H]1OC(=O)c1ccccc1)=C(\C)N. The number of benzene rings is 3. The van der Waals surface area contributed by atoms with Gasteiger partial charge in [0.15, 0.2) is 18.4 Å². The first-order chi connectivity index (χ1) is 22.2. The third-order valence-corrected chi connectivity index (χ3v) is 6.94. The van der Waals surface area contributed by atoms with Gasteiger partial charge in [0.2, 0.25) is 0 Å². The standard InChI is InChI=1S/C33H33N3O9S/c1-3-41-33(40)25(20(2)34)29(46)36-35-28-27(45-32(39)23-17-11-6-12-18-23)26(44-31(38)22-15-9-5-10-16-22)24(43-28)19-42-30(37)21-13-7-4-8-14-21/h4-18,24,26-28,35H,3,19,34H2,1-2H3,(H,36,46)/b25-20+/t24-,26-,27-,28-/m1/s1. The van der Waals surface area contributed by atoms with Crippen molar-refractivity contribution in [2.75, 3.05) is 13.2 Å². The van der Waals surface area contributed by atoms with E-state index in [4.69, 9.17) is 41.6 Å². The molecular formula is C33H33N3O9S. The van der Waals surface area contributed by atoms with Gasteiger partial charge in [-0.15, -0.1) is 0 Å². The molecule has 1 aliphatic heterocycles. The summed E-state index contributed by atoms with van der Waals surface area (Å²) in [6.07, 6.45) is -4.92. The smallest absolute Gasteiger partial charge is 0.342 e. The van der Waals surface area contributed by atoms with Gasteiger partial charge < -0.3 is 34.8 Å². The zero-order valence-corrected chi connectivity index (χ0v) is 25.9. The molecular weight excluding hydrogens is 614 g/mol. The van der Waals surface area contributed by atoms with E-state index in [0.717, 1.165) is 0 Å². The number of hydrogen-bond donors (Lipinski definition) is 3. The van der Waals surface area contributed by atoms with Crippen LogP contribution in [0.1, 0.15) is 44.9 Å². The number of allylic oxidation sites excluding steroid dienone is 1. The van der Waals surface area contributed by atoms with Gasteiger partial charge >= 0.3 is 23.9 Å². The third kappa shape index (κ3) is 8.75. The Bertz CT molecular complexity index is 1560. The van der Waals surface area contributed by atoms with Crippen molar-refractivity contribution in [1.82, 2.24) is 10.9 Å². The molecule has 4 atom stereocenters. The van der Waals surface area contributed by atoms with Crippen molar-refractivity contribution >= 4 is 41.1 Å². The summed E-state index contributed by atoms with van der Waals surface area (Å²) >= 11 is 5.38. The van der Waals surface area contributed by atoms with Gasteiger partial charge in [-0.25, -0.2) is 24.6 Å². The highest BCUT2D eigenvalue weighted by Gasteiger charge is 2.50. The largest absolute Gasteiger partial charge is 0.462 e. The number of carbonyl (C=O) groups is 4. The van der Waals surface area contributed by atoms with Gasteiger partial charge in [0, 0.05) is 5.70 Å². The number of thiocarbonyl (C=S) groups is 1. The molecule has 4 N–H and O–H groups in total. The van der Waals surface area contributed by atoms with Gasteiger partial charge in [-0.3, -0.25) is 0 Å². The Morgan fingerprint density at radius 3 is 1.72 bits per heavy atom. The second-order valence-electron chi connectivity index (χ2n) is 9.91. The Balaban J connectivity index is 1.62. The predicted molar refractivity (Wildman–Crippen MR) is 169 cm³/mol. The molecule has 240 valence electrons. The molecule has 0 aromatic heterocycles. The first-order valence-corrected chi connectivity index (χ1v) is 14.7. The number of ether oxygens (including phenoxy) is 5. The maximum absolute atomic E-state index is 13.2. The van der Waals surface area contributed by atoms with Gasteiger partial charge in [-0.1, -0.05) is 66.8 Å². The van der Waals surface area contributed by atoms with E-state index in [2.05, 4.69) is 10.9 Å². The Kier molecular flexibility index (Phi) is 11.9. The summed E-state index contributed by atoms with van der Waals surface area (Å²) in [6, 6.07) is 24.6. The zero-order valence-electron chi connectivity index (χ0n) is 25.0. The van der Waals surface area contributed by atoms with Crippen LogP contribution < -0.4 is 16.6 Å². The maximum Gasteiger partial charge on any atom is 0.342 e. The number of nitrogens with two attached hydrogens (primary N) is 1. The fourth-order valence-electron chi connectivity index (χ4n) is 4.43. The molecule has 0 saturated carbocycles. The van der Waals surface area contributed by atoms with Crippen molar-refractivity contribution in [2.24, 2.45) is 5.73 Å². The molecule has 0 amide bonds. The quantitative estimate of drug-likeness (QED) is 0.0864. The molecule has 13 heteroatoms. The van der Waals surface area contributed by atoms with E-state index in [9.17, 15) is 19.2 Å². The Hall–Kier alpha value is -5.11. The number of rotatable bonds is 12. The van der Waals surface area contributed by atoms with Gasteiger partial charge in [0.1, 0.15) is 23.3 Å². The minimum Gasteiger partial charge on any atom is -0.462 e. The van der Waals surface area contributed by atoms with E-state index in [1.807, 2.05) is 0 Å². The molecule has 0 spiro atoms. The summed E-state index contributed by atoms with van der Waals surface area (Å²) < 4.78 is 28.4. The van der Waals surface area contributed by atoms with Crippen LogP contribution >= 0.6 is 12.2 Å². The van der Waals surface area contributed by atoms with Crippen LogP contribution in [0.15, 0.2) is 102 Å². The average Bonchev–Trinajstić information content (AvgIpc) is 3.38. The molecule has 1 aliphatic rings. The Morgan fingerprint density at radius 2 is 1.24 bits per heavy atom. The summed E-state index contributed by atoms with van der Waals surface area (Å²) in [5.41, 5.74) is 12.1. The van der Waals surface area contributed by atoms with Crippen LogP contribution in [0.25, 0.3) is 0 Å². The van der Waals surface area contributed by atoms with Crippen LogP contribution in [0.5, 0.6) is 0 Å². The summed E-state index contributed by atoms with van der Waals surface area (Å²) in [7, 11) is 0. The molecule has 0 bridgehead atoms. The number of carbonyl (C=O) groups excluding carboxylic acids is 4. The van der Waals surface area contributed by atoms with E-state index in [-0.39, 0.29) is 40.6 Å². The van der Waals surface area contributed by atoms with Crippen molar-refractivity contribution in [3.05, 3.63) is 119 Å². The molecule has 0 unspecified atom stereocenters. The molecule has 46 heavy (non-hydrogen) atoms. The van der Waals surface area contributed by atoms with Crippen molar-refractivity contribution in [3.8, 4) is 0 Å². The number of hydrogen-bond acceptors (Lipinski definition) is 12. The Morgan fingerprint density at radius 1 is 0.761 bits per heavy atom.